The zero-order valence-corrected chi connectivity index (χ0v) is 15.0. The average Bonchev–Trinajstić information content (AvgIpc) is 3.06. The Balaban J connectivity index is 1.86. The summed E-state index contributed by atoms with van der Waals surface area (Å²) in [6, 6.07) is 6.09. The minimum atomic E-state index is -0.546. The van der Waals surface area contributed by atoms with Crippen molar-refractivity contribution in [1.82, 2.24) is 16.0 Å². The Morgan fingerprint density at radius 2 is 2.00 bits per heavy atom. The summed E-state index contributed by atoms with van der Waals surface area (Å²) in [7, 11) is 0. The highest BCUT2D eigenvalue weighted by Gasteiger charge is 2.24. The maximum atomic E-state index is 12.4. The van der Waals surface area contributed by atoms with Gasteiger partial charge in [0.05, 0.1) is 0 Å². The van der Waals surface area contributed by atoms with Gasteiger partial charge in [-0.05, 0) is 62.0 Å². The lowest BCUT2D eigenvalue weighted by atomic mass is 10.0. The summed E-state index contributed by atoms with van der Waals surface area (Å²) in [5.41, 5.74) is 0.495. The molecule has 1 aliphatic heterocycles. The van der Waals surface area contributed by atoms with E-state index < -0.39 is 6.04 Å². The Morgan fingerprint density at radius 3 is 2.58 bits per heavy atom. The molecule has 24 heavy (non-hydrogen) atoms. The summed E-state index contributed by atoms with van der Waals surface area (Å²) in [6.07, 6.45) is 2.13. The Labute approximate surface area is 148 Å². The number of rotatable bonds is 7. The minimum Gasteiger partial charge on any atom is -0.354 e. The molecule has 1 fully saturated rings. The number of benzene rings is 1. The third-order valence-corrected chi connectivity index (χ3v) is 4.61. The summed E-state index contributed by atoms with van der Waals surface area (Å²) in [4.78, 5) is 24.7. The van der Waals surface area contributed by atoms with E-state index in [-0.39, 0.29) is 17.7 Å². The normalized spacial score (nSPS) is 18.4. The molecule has 132 valence electrons. The molecule has 0 saturated carbocycles. The van der Waals surface area contributed by atoms with Crippen molar-refractivity contribution in [2.24, 2.45) is 11.8 Å². The highest BCUT2D eigenvalue weighted by Crippen LogP contribution is 2.12. The molecule has 2 amide bonds. The molecular weight excluding hydrogens is 326 g/mol. The molecule has 1 aliphatic rings. The minimum absolute atomic E-state index is 0.00870. The summed E-state index contributed by atoms with van der Waals surface area (Å²) in [5, 5.41) is 9.67. The molecule has 1 saturated heterocycles. The van der Waals surface area contributed by atoms with Gasteiger partial charge in [0.25, 0.3) is 5.91 Å². The third kappa shape index (κ3) is 5.49. The molecule has 0 radical (unpaired) electrons. The van der Waals surface area contributed by atoms with Crippen LogP contribution in [0.15, 0.2) is 24.3 Å². The van der Waals surface area contributed by atoms with Crippen LogP contribution >= 0.6 is 11.6 Å². The molecule has 0 aliphatic carbocycles. The fourth-order valence-electron chi connectivity index (χ4n) is 2.83. The number of hydrogen-bond donors (Lipinski definition) is 3. The summed E-state index contributed by atoms with van der Waals surface area (Å²) >= 11 is 5.83. The first kappa shape index (κ1) is 18.7. The zero-order valence-electron chi connectivity index (χ0n) is 14.3. The number of carbonyl (C=O) groups excluding carboxylic acids is 2. The highest BCUT2D eigenvalue weighted by atomic mass is 35.5. The van der Waals surface area contributed by atoms with E-state index in [9.17, 15) is 9.59 Å². The predicted molar refractivity (Wildman–Crippen MR) is 96.1 cm³/mol. The van der Waals surface area contributed by atoms with E-state index in [0.29, 0.717) is 23.0 Å². The maximum Gasteiger partial charge on any atom is 0.251 e. The van der Waals surface area contributed by atoms with Crippen molar-refractivity contribution in [3.63, 3.8) is 0 Å². The van der Waals surface area contributed by atoms with Gasteiger partial charge in [-0.15, -0.1) is 0 Å². The van der Waals surface area contributed by atoms with Gasteiger partial charge in [0.15, 0.2) is 0 Å². The quantitative estimate of drug-likeness (QED) is 0.705. The van der Waals surface area contributed by atoms with Crippen molar-refractivity contribution in [2.45, 2.75) is 32.7 Å². The van der Waals surface area contributed by atoms with Crippen LogP contribution in [0.5, 0.6) is 0 Å². The molecule has 0 bridgehead atoms. The van der Waals surface area contributed by atoms with Crippen LogP contribution in [0, 0.1) is 11.8 Å². The summed E-state index contributed by atoms with van der Waals surface area (Å²) in [6.45, 7) is 6.58. The van der Waals surface area contributed by atoms with Crippen LogP contribution < -0.4 is 16.0 Å². The smallest absolute Gasteiger partial charge is 0.251 e. The number of carbonyl (C=O) groups is 2. The van der Waals surface area contributed by atoms with Gasteiger partial charge in [-0.1, -0.05) is 25.4 Å². The summed E-state index contributed by atoms with van der Waals surface area (Å²) < 4.78 is 0. The second-order valence-electron chi connectivity index (χ2n) is 6.64. The van der Waals surface area contributed by atoms with Crippen LogP contribution in [0.4, 0.5) is 0 Å². The summed E-state index contributed by atoms with van der Waals surface area (Å²) in [5.74, 6) is 0.250. The lowest BCUT2D eigenvalue weighted by Crippen LogP contribution is -2.50. The van der Waals surface area contributed by atoms with Gasteiger partial charge in [0.2, 0.25) is 5.91 Å². The van der Waals surface area contributed by atoms with Crippen LogP contribution in [-0.4, -0.2) is 37.5 Å². The van der Waals surface area contributed by atoms with E-state index in [1.807, 2.05) is 13.8 Å². The van der Waals surface area contributed by atoms with E-state index in [1.54, 1.807) is 24.3 Å². The Kier molecular flexibility index (Phi) is 7.06. The molecule has 6 heteroatoms. The van der Waals surface area contributed by atoms with Crippen molar-refractivity contribution in [3.8, 4) is 0 Å². The Morgan fingerprint density at radius 1 is 1.29 bits per heavy atom. The fraction of sp³-hybridized carbons (Fsp3) is 0.556. The molecule has 2 unspecified atom stereocenters. The first-order valence-electron chi connectivity index (χ1n) is 8.52. The van der Waals surface area contributed by atoms with Crippen molar-refractivity contribution in [1.29, 1.82) is 0 Å². The monoisotopic (exact) mass is 351 g/mol. The third-order valence-electron chi connectivity index (χ3n) is 4.36. The molecule has 0 spiro atoms. The van der Waals surface area contributed by atoms with E-state index in [0.717, 1.165) is 25.9 Å². The van der Waals surface area contributed by atoms with Crippen LogP contribution in [0.2, 0.25) is 5.02 Å². The average molecular weight is 352 g/mol. The predicted octanol–water partition coefficient (Wildman–Crippen LogP) is 2.21. The first-order chi connectivity index (χ1) is 11.5. The molecular formula is C18H26ClN3O2. The topological polar surface area (TPSA) is 70.2 Å². The van der Waals surface area contributed by atoms with Crippen molar-refractivity contribution in [2.75, 3.05) is 19.6 Å². The van der Waals surface area contributed by atoms with Crippen molar-refractivity contribution >= 4 is 23.4 Å². The highest BCUT2D eigenvalue weighted by molar-refractivity contribution is 6.30. The number of nitrogens with one attached hydrogen (secondary N) is 3. The molecule has 1 aromatic carbocycles. The van der Waals surface area contributed by atoms with Crippen LogP contribution in [0.3, 0.4) is 0 Å². The molecule has 1 heterocycles. The first-order valence-corrected chi connectivity index (χ1v) is 8.90. The standard InChI is InChI=1S/C18H26ClN3O2/c1-12(2)16(18(24)21-10-8-13-7-9-20-11-13)22-17(23)14-3-5-15(19)6-4-14/h3-6,12-13,16,20H,7-11H2,1-2H3,(H,21,24)(H,22,23). The van der Waals surface area contributed by atoms with Gasteiger partial charge in [-0.3, -0.25) is 9.59 Å². The van der Waals surface area contributed by atoms with E-state index in [2.05, 4.69) is 16.0 Å². The van der Waals surface area contributed by atoms with Crippen LogP contribution in [0.25, 0.3) is 0 Å². The van der Waals surface area contributed by atoms with Gasteiger partial charge in [0, 0.05) is 17.1 Å². The number of halogens is 1. The number of amides is 2. The largest absolute Gasteiger partial charge is 0.354 e. The van der Waals surface area contributed by atoms with Gasteiger partial charge < -0.3 is 16.0 Å². The Bertz CT molecular complexity index is 554. The second-order valence-corrected chi connectivity index (χ2v) is 7.08. The van der Waals surface area contributed by atoms with Crippen LogP contribution in [0.1, 0.15) is 37.0 Å². The SMILES string of the molecule is CC(C)C(NC(=O)c1ccc(Cl)cc1)C(=O)NCCC1CCNC1. The number of hydrogen-bond acceptors (Lipinski definition) is 3. The van der Waals surface area contributed by atoms with Crippen molar-refractivity contribution in [3.05, 3.63) is 34.9 Å². The molecule has 1 aromatic rings. The van der Waals surface area contributed by atoms with E-state index in [4.69, 9.17) is 11.6 Å². The van der Waals surface area contributed by atoms with Crippen molar-refractivity contribution < 1.29 is 9.59 Å². The van der Waals surface area contributed by atoms with Gasteiger partial charge in [0.1, 0.15) is 6.04 Å². The second kappa shape index (κ2) is 9.04. The van der Waals surface area contributed by atoms with Crippen LogP contribution in [-0.2, 0) is 4.79 Å². The van der Waals surface area contributed by atoms with Gasteiger partial charge in [-0.2, -0.15) is 0 Å². The zero-order chi connectivity index (χ0) is 17.5. The lowest BCUT2D eigenvalue weighted by molar-refractivity contribution is -0.123. The lowest BCUT2D eigenvalue weighted by Gasteiger charge is -2.22. The fourth-order valence-corrected chi connectivity index (χ4v) is 2.96. The van der Waals surface area contributed by atoms with Gasteiger partial charge in [-0.25, -0.2) is 0 Å². The van der Waals surface area contributed by atoms with Gasteiger partial charge >= 0.3 is 0 Å². The molecule has 2 rings (SSSR count). The Hall–Kier alpha value is -1.59. The maximum absolute atomic E-state index is 12.4. The molecule has 5 nitrogen and oxygen atoms in total. The molecule has 0 aromatic heterocycles. The van der Waals surface area contributed by atoms with E-state index in [1.165, 1.54) is 0 Å². The molecule has 3 N–H and O–H groups in total. The molecule has 2 atom stereocenters. The van der Waals surface area contributed by atoms with E-state index >= 15 is 0 Å².